The van der Waals surface area contributed by atoms with Crippen LogP contribution in [0.3, 0.4) is 0 Å². The van der Waals surface area contributed by atoms with Crippen molar-refractivity contribution in [2.75, 3.05) is 0 Å². The summed E-state index contributed by atoms with van der Waals surface area (Å²) in [5.41, 5.74) is 4.27. The minimum Gasteiger partial charge on any atom is -0.393 e. The Morgan fingerprint density at radius 2 is 1.79 bits per heavy atom. The Morgan fingerprint density at radius 3 is 2.52 bits per heavy atom. The van der Waals surface area contributed by atoms with Crippen LogP contribution in [-0.2, 0) is 0 Å². The van der Waals surface area contributed by atoms with Crippen molar-refractivity contribution in [1.82, 2.24) is 0 Å². The van der Waals surface area contributed by atoms with E-state index in [4.69, 9.17) is 0 Å². The zero-order chi connectivity index (χ0) is 21.0. The number of fused-ring (bicyclic) bond motifs is 4. The molecule has 8 atom stereocenters. The smallest absolute Gasteiger partial charge is 0.0546 e. The summed E-state index contributed by atoms with van der Waals surface area (Å²) in [5, 5.41) is 10.2. The molecule has 0 saturated heterocycles. The summed E-state index contributed by atoms with van der Waals surface area (Å²) in [7, 11) is 0. The van der Waals surface area contributed by atoms with E-state index < -0.39 is 0 Å². The predicted molar refractivity (Wildman–Crippen MR) is 123 cm³/mol. The quantitative estimate of drug-likeness (QED) is 0.493. The maximum atomic E-state index is 10.2. The van der Waals surface area contributed by atoms with Gasteiger partial charge in [0.05, 0.1) is 6.10 Å². The molecule has 4 aliphatic carbocycles. The molecule has 1 heteroatoms. The summed E-state index contributed by atoms with van der Waals surface area (Å²) in [4.78, 5) is 0. The van der Waals surface area contributed by atoms with Gasteiger partial charge in [-0.05, 0) is 96.9 Å². The van der Waals surface area contributed by atoms with Gasteiger partial charge in [-0.2, -0.15) is 0 Å². The molecule has 4 aliphatic rings. The second-order valence-corrected chi connectivity index (χ2v) is 11.8. The van der Waals surface area contributed by atoms with E-state index in [9.17, 15) is 5.11 Å². The van der Waals surface area contributed by atoms with E-state index in [0.29, 0.717) is 28.6 Å². The summed E-state index contributed by atoms with van der Waals surface area (Å²) >= 11 is 0. The molecule has 1 nitrogen and oxygen atoms in total. The lowest BCUT2D eigenvalue weighted by atomic mass is 9.50. The number of hydrogen-bond donors (Lipinski definition) is 1. The van der Waals surface area contributed by atoms with Crippen molar-refractivity contribution in [1.29, 1.82) is 0 Å². The average Bonchev–Trinajstić information content (AvgIpc) is 3.03. The molecule has 0 heterocycles. The normalized spacial score (nSPS) is 44.0. The van der Waals surface area contributed by atoms with Crippen molar-refractivity contribution < 1.29 is 5.11 Å². The highest BCUT2D eigenvalue weighted by atomic mass is 16.3. The molecule has 4 rings (SSSR count). The van der Waals surface area contributed by atoms with Gasteiger partial charge in [-0.1, -0.05) is 71.4 Å². The summed E-state index contributed by atoms with van der Waals surface area (Å²) in [6, 6.07) is 0. The molecule has 0 radical (unpaired) electrons. The van der Waals surface area contributed by atoms with Crippen LogP contribution in [-0.4, -0.2) is 11.2 Å². The third-order valence-corrected chi connectivity index (χ3v) is 9.99. The van der Waals surface area contributed by atoms with Gasteiger partial charge in [0, 0.05) is 0 Å². The number of hydrogen-bond acceptors (Lipinski definition) is 1. The van der Waals surface area contributed by atoms with Crippen LogP contribution in [0.5, 0.6) is 0 Å². The molecule has 0 bridgehead atoms. The highest BCUT2D eigenvalue weighted by Gasteiger charge is 2.54. The van der Waals surface area contributed by atoms with Gasteiger partial charge < -0.3 is 5.11 Å². The Morgan fingerprint density at radius 1 is 1.03 bits per heavy atom. The highest BCUT2D eigenvalue weighted by Crippen LogP contribution is 2.64. The fraction of sp³-hybridized carbons (Fsp3) is 0.786. The molecule has 0 aromatic rings. The van der Waals surface area contributed by atoms with Crippen LogP contribution in [0.1, 0.15) is 86.5 Å². The molecule has 0 aromatic carbocycles. The first kappa shape index (κ1) is 21.4. The maximum absolute atomic E-state index is 10.2. The maximum Gasteiger partial charge on any atom is 0.0546 e. The second-order valence-electron chi connectivity index (χ2n) is 11.8. The molecule has 2 saturated carbocycles. The molecule has 0 spiro atoms. The lowest BCUT2D eigenvalue weighted by Gasteiger charge is -2.54. The third kappa shape index (κ3) is 3.50. The number of rotatable bonds is 4. The van der Waals surface area contributed by atoms with E-state index in [1.165, 1.54) is 32.1 Å². The van der Waals surface area contributed by atoms with Crippen molar-refractivity contribution in [3.8, 4) is 0 Å². The van der Waals surface area contributed by atoms with Gasteiger partial charge in [-0.25, -0.2) is 0 Å². The first-order valence-corrected chi connectivity index (χ1v) is 12.4. The minimum atomic E-state index is -0.0856. The summed E-state index contributed by atoms with van der Waals surface area (Å²) < 4.78 is 0. The Bertz CT molecular complexity index is 712. The van der Waals surface area contributed by atoms with Gasteiger partial charge in [-0.3, -0.25) is 0 Å². The number of aliphatic hydroxyl groups excluding tert-OH is 1. The zero-order valence-corrected chi connectivity index (χ0v) is 19.7. The molecule has 2 fully saturated rings. The number of aliphatic hydroxyl groups is 1. The lowest BCUT2D eigenvalue weighted by Crippen LogP contribution is -2.46. The Hall–Kier alpha value is -0.820. The Labute approximate surface area is 179 Å². The van der Waals surface area contributed by atoms with Crippen molar-refractivity contribution in [2.24, 2.45) is 46.3 Å². The SMILES string of the molecule is CC(C)[C@@H](C)C=C[C@@H](C)[C@H]1CCC2=C3C=C[C@H]4C[C@@H](O)CC[C@]4(C)[C@H]3CC[C@@]21C. The molecule has 0 amide bonds. The van der Waals surface area contributed by atoms with Gasteiger partial charge in [-0.15, -0.1) is 0 Å². The fourth-order valence-electron chi connectivity index (χ4n) is 7.49. The molecule has 0 aromatic heterocycles. The first-order chi connectivity index (χ1) is 13.7. The van der Waals surface area contributed by atoms with E-state index in [-0.39, 0.29) is 6.10 Å². The van der Waals surface area contributed by atoms with Gasteiger partial charge >= 0.3 is 0 Å². The minimum absolute atomic E-state index is 0.0856. The van der Waals surface area contributed by atoms with Crippen molar-refractivity contribution in [3.63, 3.8) is 0 Å². The molecule has 0 unspecified atom stereocenters. The molecule has 162 valence electrons. The molecule has 29 heavy (non-hydrogen) atoms. The van der Waals surface area contributed by atoms with Crippen molar-refractivity contribution >= 4 is 0 Å². The van der Waals surface area contributed by atoms with Crippen LogP contribution in [0.2, 0.25) is 0 Å². The average molecular weight is 397 g/mol. The van der Waals surface area contributed by atoms with Gasteiger partial charge in [0.25, 0.3) is 0 Å². The summed E-state index contributed by atoms with van der Waals surface area (Å²) in [6.07, 6.45) is 18.4. The van der Waals surface area contributed by atoms with Crippen LogP contribution in [0, 0.1) is 46.3 Å². The monoisotopic (exact) mass is 396 g/mol. The first-order valence-electron chi connectivity index (χ1n) is 12.4. The lowest BCUT2D eigenvalue weighted by molar-refractivity contribution is -0.00263. The second kappa shape index (κ2) is 7.70. The molecular formula is C28H44O. The fourth-order valence-corrected chi connectivity index (χ4v) is 7.49. The van der Waals surface area contributed by atoms with E-state index in [0.717, 1.165) is 30.6 Å². The topological polar surface area (TPSA) is 20.2 Å². The molecule has 1 N–H and O–H groups in total. The summed E-state index contributed by atoms with van der Waals surface area (Å²) in [5.74, 6) is 4.13. The largest absolute Gasteiger partial charge is 0.393 e. The Kier molecular flexibility index (Phi) is 5.69. The van der Waals surface area contributed by atoms with Crippen LogP contribution in [0.4, 0.5) is 0 Å². The van der Waals surface area contributed by atoms with E-state index >= 15 is 0 Å². The number of allylic oxidation sites excluding steroid dienone is 6. The standard InChI is InChI=1S/C28H44O/c1-18(2)19(3)7-8-20(4)24-11-12-25-23-10-9-21-17-22(29)13-15-27(21,5)26(23)14-16-28(24,25)6/h7-10,18-22,24,26,29H,11-17H2,1-6H3/t19-,20+,21-,22-,24+,26-,27-,28+/m0/s1. The van der Waals surface area contributed by atoms with Crippen LogP contribution in [0.25, 0.3) is 0 Å². The van der Waals surface area contributed by atoms with Gasteiger partial charge in [0.15, 0.2) is 0 Å². The van der Waals surface area contributed by atoms with E-state index in [2.05, 4.69) is 65.8 Å². The summed E-state index contributed by atoms with van der Waals surface area (Å²) in [6.45, 7) is 14.6. The van der Waals surface area contributed by atoms with Crippen molar-refractivity contribution in [2.45, 2.75) is 92.6 Å². The van der Waals surface area contributed by atoms with Crippen LogP contribution in [0.15, 0.2) is 35.5 Å². The van der Waals surface area contributed by atoms with Crippen LogP contribution < -0.4 is 0 Å². The molecule has 0 aliphatic heterocycles. The Balaban J connectivity index is 1.61. The zero-order valence-electron chi connectivity index (χ0n) is 19.7. The van der Waals surface area contributed by atoms with Crippen molar-refractivity contribution in [3.05, 3.63) is 35.5 Å². The van der Waals surface area contributed by atoms with E-state index in [1.54, 1.807) is 11.1 Å². The van der Waals surface area contributed by atoms with Crippen LogP contribution >= 0.6 is 0 Å². The predicted octanol–water partition coefficient (Wildman–Crippen LogP) is 7.33. The van der Waals surface area contributed by atoms with E-state index in [1.807, 2.05) is 0 Å². The van der Waals surface area contributed by atoms with Gasteiger partial charge in [0.1, 0.15) is 0 Å². The van der Waals surface area contributed by atoms with Gasteiger partial charge in [0.2, 0.25) is 0 Å². The third-order valence-electron chi connectivity index (χ3n) is 9.99. The molecular weight excluding hydrogens is 352 g/mol. The highest BCUT2D eigenvalue weighted by molar-refractivity contribution is 5.42.